The van der Waals surface area contributed by atoms with E-state index in [0.717, 1.165) is 38.5 Å². The maximum Gasteiger partial charge on any atom is 0.305 e. The topological polar surface area (TPSA) is 65.0 Å². The summed E-state index contributed by atoms with van der Waals surface area (Å²) in [6, 6.07) is 0. The fourth-order valence-corrected chi connectivity index (χ4v) is 2.56. The van der Waals surface area contributed by atoms with Crippen molar-refractivity contribution in [1.29, 1.82) is 0 Å². The predicted molar refractivity (Wildman–Crippen MR) is 75.2 cm³/mol. The zero-order valence-corrected chi connectivity index (χ0v) is 12.9. The van der Waals surface area contributed by atoms with Gasteiger partial charge in [-0.3, -0.25) is 4.79 Å². The van der Waals surface area contributed by atoms with Gasteiger partial charge in [0.25, 0.3) is 0 Å². The van der Waals surface area contributed by atoms with Gasteiger partial charge in [-0.1, -0.05) is 25.7 Å². The number of unbranched alkanes of at least 4 members (excludes halogenated alkanes) is 4. The third-order valence-electron chi connectivity index (χ3n) is 3.56. The summed E-state index contributed by atoms with van der Waals surface area (Å²) in [5.41, 5.74) is 0. The summed E-state index contributed by atoms with van der Waals surface area (Å²) in [6.45, 7) is 3.76. The first kappa shape index (κ1) is 17.4. The molecule has 0 aromatic heterocycles. The number of hydrogen-bond donors (Lipinski definition) is 1. The van der Waals surface area contributed by atoms with Crippen molar-refractivity contribution in [2.75, 3.05) is 13.7 Å². The largest absolute Gasteiger partial charge is 0.469 e. The summed E-state index contributed by atoms with van der Waals surface area (Å²) < 4.78 is 16.0. The van der Waals surface area contributed by atoms with Crippen LogP contribution in [0.2, 0.25) is 0 Å². The lowest BCUT2D eigenvalue weighted by Gasteiger charge is -2.16. The van der Waals surface area contributed by atoms with Crippen molar-refractivity contribution in [3.8, 4) is 0 Å². The molecule has 0 spiro atoms. The fraction of sp³-hybridized carbons (Fsp3) is 0.933. The highest BCUT2D eigenvalue weighted by Gasteiger charge is 2.40. The van der Waals surface area contributed by atoms with Gasteiger partial charge in [-0.15, -0.1) is 0 Å². The Morgan fingerprint density at radius 3 is 2.35 bits per heavy atom. The monoisotopic (exact) mass is 288 g/mol. The van der Waals surface area contributed by atoms with E-state index in [0.29, 0.717) is 6.42 Å². The third-order valence-corrected chi connectivity index (χ3v) is 3.56. The van der Waals surface area contributed by atoms with Gasteiger partial charge in [0.15, 0.2) is 5.79 Å². The smallest absolute Gasteiger partial charge is 0.305 e. The molecule has 2 atom stereocenters. The molecule has 1 aliphatic heterocycles. The highest BCUT2D eigenvalue weighted by atomic mass is 16.8. The molecule has 1 fully saturated rings. The highest BCUT2D eigenvalue weighted by Crippen LogP contribution is 2.30. The zero-order chi connectivity index (χ0) is 15.0. The second-order valence-electron chi connectivity index (χ2n) is 5.78. The molecule has 0 aromatic rings. The van der Waals surface area contributed by atoms with Crippen LogP contribution in [0.25, 0.3) is 0 Å². The first-order valence-electron chi connectivity index (χ1n) is 7.52. The molecule has 1 N–H and O–H groups in total. The van der Waals surface area contributed by atoms with Crippen molar-refractivity contribution >= 4 is 5.97 Å². The molecule has 20 heavy (non-hydrogen) atoms. The van der Waals surface area contributed by atoms with E-state index in [9.17, 15) is 9.90 Å². The van der Waals surface area contributed by atoms with E-state index in [-0.39, 0.29) is 24.8 Å². The summed E-state index contributed by atoms with van der Waals surface area (Å²) in [5.74, 6) is -0.715. The van der Waals surface area contributed by atoms with Crippen molar-refractivity contribution in [3.05, 3.63) is 0 Å². The maximum absolute atomic E-state index is 10.9. The molecule has 0 aromatic carbocycles. The Balaban J connectivity index is 2.05. The van der Waals surface area contributed by atoms with E-state index < -0.39 is 5.79 Å². The summed E-state index contributed by atoms with van der Waals surface area (Å²) in [6.07, 6.45) is 6.42. The zero-order valence-electron chi connectivity index (χ0n) is 12.9. The van der Waals surface area contributed by atoms with Crippen LogP contribution in [0.3, 0.4) is 0 Å². The number of carbonyl (C=O) groups excluding carboxylic acids is 1. The van der Waals surface area contributed by atoms with E-state index in [1.807, 2.05) is 13.8 Å². The van der Waals surface area contributed by atoms with Gasteiger partial charge in [-0.25, -0.2) is 0 Å². The standard InChI is InChI=1S/C15H28O5/c1-15(2)19-12(13(11-16)20-15)9-7-5-4-6-8-10-14(17)18-3/h12-13,16H,4-11H2,1-3H3/t12-,13-/m0/s1. The first-order chi connectivity index (χ1) is 9.48. The number of aliphatic hydroxyl groups is 1. The number of methoxy groups -OCH3 is 1. The van der Waals surface area contributed by atoms with Gasteiger partial charge in [0.1, 0.15) is 6.10 Å². The van der Waals surface area contributed by atoms with Crippen LogP contribution in [0.15, 0.2) is 0 Å². The summed E-state index contributed by atoms with van der Waals surface area (Å²) in [5, 5.41) is 9.27. The van der Waals surface area contributed by atoms with E-state index >= 15 is 0 Å². The van der Waals surface area contributed by atoms with E-state index in [2.05, 4.69) is 4.74 Å². The minimum absolute atomic E-state index is 0.00717. The van der Waals surface area contributed by atoms with Gasteiger partial charge in [0, 0.05) is 6.42 Å². The van der Waals surface area contributed by atoms with Crippen LogP contribution in [-0.4, -0.2) is 42.8 Å². The Labute approximate surface area is 121 Å². The summed E-state index contributed by atoms with van der Waals surface area (Å²) in [7, 11) is 1.42. The van der Waals surface area contributed by atoms with Crippen molar-refractivity contribution < 1.29 is 24.1 Å². The molecule has 0 radical (unpaired) electrons. The van der Waals surface area contributed by atoms with Gasteiger partial charge in [0.05, 0.1) is 19.8 Å². The predicted octanol–water partition coefficient (Wildman–Crippen LogP) is 2.40. The lowest BCUT2D eigenvalue weighted by Crippen LogP contribution is -2.26. The molecule has 0 saturated carbocycles. The second-order valence-corrected chi connectivity index (χ2v) is 5.78. The Morgan fingerprint density at radius 2 is 1.70 bits per heavy atom. The number of ether oxygens (including phenoxy) is 3. The molecular formula is C15H28O5. The number of carbonyl (C=O) groups is 1. The highest BCUT2D eigenvalue weighted by molar-refractivity contribution is 5.68. The number of rotatable bonds is 9. The average molecular weight is 288 g/mol. The minimum Gasteiger partial charge on any atom is -0.469 e. The van der Waals surface area contributed by atoms with Crippen molar-refractivity contribution in [2.24, 2.45) is 0 Å². The van der Waals surface area contributed by atoms with E-state index in [4.69, 9.17) is 9.47 Å². The molecule has 1 aliphatic rings. The lowest BCUT2D eigenvalue weighted by molar-refractivity contribution is -0.149. The van der Waals surface area contributed by atoms with Crippen LogP contribution in [0.4, 0.5) is 0 Å². The number of aliphatic hydroxyl groups excluding tert-OH is 1. The molecule has 5 heteroatoms. The van der Waals surface area contributed by atoms with Crippen LogP contribution in [-0.2, 0) is 19.0 Å². The molecule has 1 heterocycles. The molecule has 0 bridgehead atoms. The van der Waals surface area contributed by atoms with E-state index in [1.165, 1.54) is 7.11 Å². The molecule has 5 nitrogen and oxygen atoms in total. The van der Waals surface area contributed by atoms with Crippen molar-refractivity contribution in [1.82, 2.24) is 0 Å². The normalized spacial score (nSPS) is 24.8. The van der Waals surface area contributed by atoms with Crippen LogP contribution in [0.5, 0.6) is 0 Å². The molecule has 0 unspecified atom stereocenters. The first-order valence-corrected chi connectivity index (χ1v) is 7.52. The molecule has 0 amide bonds. The van der Waals surface area contributed by atoms with Crippen molar-refractivity contribution in [2.45, 2.75) is 76.8 Å². The molecule has 1 saturated heterocycles. The van der Waals surface area contributed by atoms with Crippen LogP contribution >= 0.6 is 0 Å². The summed E-state index contributed by atoms with van der Waals surface area (Å²) in [4.78, 5) is 10.9. The fourth-order valence-electron chi connectivity index (χ4n) is 2.56. The Kier molecular flexibility index (Phi) is 7.48. The minimum atomic E-state index is -0.585. The second kappa shape index (κ2) is 8.60. The van der Waals surface area contributed by atoms with Crippen LogP contribution in [0.1, 0.15) is 58.8 Å². The average Bonchev–Trinajstić information content (AvgIpc) is 2.71. The van der Waals surface area contributed by atoms with E-state index in [1.54, 1.807) is 0 Å². The quantitative estimate of drug-likeness (QED) is 0.521. The van der Waals surface area contributed by atoms with Gasteiger partial charge in [-0.05, 0) is 26.7 Å². The maximum atomic E-state index is 10.9. The molecular weight excluding hydrogens is 260 g/mol. The Hall–Kier alpha value is -0.650. The molecule has 1 rings (SSSR count). The Bertz CT molecular complexity index is 290. The number of hydrogen-bond acceptors (Lipinski definition) is 5. The van der Waals surface area contributed by atoms with Gasteiger partial charge >= 0.3 is 5.97 Å². The van der Waals surface area contributed by atoms with Gasteiger partial charge < -0.3 is 19.3 Å². The van der Waals surface area contributed by atoms with Crippen molar-refractivity contribution in [3.63, 3.8) is 0 Å². The summed E-state index contributed by atoms with van der Waals surface area (Å²) >= 11 is 0. The number of esters is 1. The Morgan fingerprint density at radius 1 is 1.10 bits per heavy atom. The van der Waals surface area contributed by atoms with Crippen LogP contribution < -0.4 is 0 Å². The SMILES string of the molecule is COC(=O)CCCCCCC[C@@H]1OC(C)(C)O[C@H]1CO. The third kappa shape index (κ3) is 6.20. The van der Waals surface area contributed by atoms with Gasteiger partial charge in [-0.2, -0.15) is 0 Å². The molecule has 118 valence electrons. The van der Waals surface area contributed by atoms with Crippen LogP contribution in [0, 0.1) is 0 Å². The lowest BCUT2D eigenvalue weighted by atomic mass is 10.0. The molecule has 0 aliphatic carbocycles. The van der Waals surface area contributed by atoms with Gasteiger partial charge in [0.2, 0.25) is 0 Å².